The number of thiophene rings is 1. The fourth-order valence-electron chi connectivity index (χ4n) is 3.29. The van der Waals surface area contributed by atoms with Crippen molar-refractivity contribution in [3.8, 4) is 0 Å². The molecule has 128 valence electrons. The number of carbonyl (C=O) groups is 1. The molecule has 1 N–H and O–H groups in total. The zero-order chi connectivity index (χ0) is 17.1. The Bertz CT molecular complexity index is 679. The van der Waals surface area contributed by atoms with Crippen LogP contribution in [-0.2, 0) is 0 Å². The van der Waals surface area contributed by atoms with Crippen LogP contribution >= 0.6 is 11.3 Å². The minimum atomic E-state index is -0.839. The molecular formula is C18H20F2N2OS. The summed E-state index contributed by atoms with van der Waals surface area (Å²) in [5.41, 5.74) is -0.518. The summed E-state index contributed by atoms with van der Waals surface area (Å²) < 4.78 is 27.6. The number of nitrogens with zero attached hydrogens (tertiary/aromatic N) is 1. The van der Waals surface area contributed by atoms with Crippen molar-refractivity contribution in [2.45, 2.75) is 31.8 Å². The van der Waals surface area contributed by atoms with Crippen molar-refractivity contribution >= 4 is 17.2 Å². The molecule has 2 atom stereocenters. The Balaban J connectivity index is 1.80. The van der Waals surface area contributed by atoms with Crippen LogP contribution in [0.2, 0.25) is 0 Å². The average Bonchev–Trinajstić information content (AvgIpc) is 3.21. The lowest BCUT2D eigenvalue weighted by Crippen LogP contribution is -2.44. The van der Waals surface area contributed by atoms with Crippen LogP contribution in [0.3, 0.4) is 0 Å². The molecule has 0 aliphatic carbocycles. The van der Waals surface area contributed by atoms with Crippen molar-refractivity contribution in [3.63, 3.8) is 0 Å². The van der Waals surface area contributed by atoms with Crippen molar-refractivity contribution in [2.75, 3.05) is 13.1 Å². The van der Waals surface area contributed by atoms with E-state index in [1.807, 2.05) is 24.4 Å². The first kappa shape index (κ1) is 17.0. The van der Waals surface area contributed by atoms with E-state index in [9.17, 15) is 13.6 Å². The van der Waals surface area contributed by atoms with E-state index in [0.29, 0.717) is 0 Å². The maximum Gasteiger partial charge on any atom is 0.257 e. The van der Waals surface area contributed by atoms with Gasteiger partial charge in [0, 0.05) is 10.9 Å². The first-order valence-corrected chi connectivity index (χ1v) is 8.98. The zero-order valence-electron chi connectivity index (χ0n) is 13.5. The van der Waals surface area contributed by atoms with Crippen LogP contribution in [-0.4, -0.2) is 29.9 Å². The number of carbonyl (C=O) groups excluding carboxylic acids is 1. The maximum absolute atomic E-state index is 13.8. The molecule has 1 fully saturated rings. The third-order valence-corrected chi connectivity index (χ3v) is 5.33. The van der Waals surface area contributed by atoms with Gasteiger partial charge in [0.15, 0.2) is 0 Å². The number of benzene rings is 1. The minimum Gasteiger partial charge on any atom is -0.347 e. The van der Waals surface area contributed by atoms with Gasteiger partial charge < -0.3 is 5.32 Å². The molecular weight excluding hydrogens is 330 g/mol. The van der Waals surface area contributed by atoms with Crippen LogP contribution in [0.4, 0.5) is 8.78 Å². The predicted molar refractivity (Wildman–Crippen MR) is 91.2 cm³/mol. The molecule has 0 spiro atoms. The van der Waals surface area contributed by atoms with Gasteiger partial charge in [-0.05, 0) is 56.4 Å². The second kappa shape index (κ2) is 7.40. The highest BCUT2D eigenvalue weighted by Gasteiger charge is 2.31. The summed E-state index contributed by atoms with van der Waals surface area (Å²) in [5.74, 6) is -2.39. The lowest BCUT2D eigenvalue weighted by atomic mass is 10.1. The smallest absolute Gasteiger partial charge is 0.257 e. The topological polar surface area (TPSA) is 32.3 Å². The molecule has 1 aromatic heterocycles. The van der Waals surface area contributed by atoms with Crippen molar-refractivity contribution < 1.29 is 13.6 Å². The first-order chi connectivity index (χ1) is 11.6. The van der Waals surface area contributed by atoms with Gasteiger partial charge in [0.2, 0.25) is 0 Å². The first-order valence-electron chi connectivity index (χ1n) is 8.10. The molecule has 6 heteroatoms. The van der Waals surface area contributed by atoms with E-state index < -0.39 is 23.1 Å². The van der Waals surface area contributed by atoms with E-state index in [1.54, 1.807) is 11.3 Å². The van der Waals surface area contributed by atoms with Gasteiger partial charge in [-0.15, -0.1) is 11.3 Å². The molecule has 1 aliphatic heterocycles. The Labute approximate surface area is 144 Å². The van der Waals surface area contributed by atoms with E-state index in [4.69, 9.17) is 0 Å². The van der Waals surface area contributed by atoms with Crippen molar-refractivity contribution in [2.24, 2.45) is 0 Å². The van der Waals surface area contributed by atoms with Gasteiger partial charge in [0.25, 0.3) is 5.91 Å². The Hall–Kier alpha value is -1.79. The zero-order valence-corrected chi connectivity index (χ0v) is 14.3. The van der Waals surface area contributed by atoms with Crippen LogP contribution < -0.4 is 5.32 Å². The van der Waals surface area contributed by atoms with E-state index in [-0.39, 0.29) is 12.1 Å². The highest BCUT2D eigenvalue weighted by atomic mass is 32.1. The van der Waals surface area contributed by atoms with Gasteiger partial charge in [-0.25, -0.2) is 8.78 Å². The number of nitrogens with one attached hydrogen (secondary N) is 1. The summed E-state index contributed by atoms with van der Waals surface area (Å²) in [6.07, 6.45) is 2.26. The number of halogens is 2. The second-order valence-corrected chi connectivity index (χ2v) is 7.04. The number of amides is 1. The second-order valence-electron chi connectivity index (χ2n) is 6.06. The summed E-state index contributed by atoms with van der Waals surface area (Å²) in [6.45, 7) is 3.83. The fraction of sp³-hybridized carbons (Fsp3) is 0.389. The van der Waals surface area contributed by atoms with Gasteiger partial charge in [0.05, 0.1) is 6.04 Å². The lowest BCUT2D eigenvalue weighted by Gasteiger charge is -2.32. The van der Waals surface area contributed by atoms with Crippen molar-refractivity contribution in [1.29, 1.82) is 0 Å². The molecule has 0 saturated carbocycles. The highest BCUT2D eigenvalue weighted by Crippen LogP contribution is 2.31. The molecule has 1 saturated heterocycles. The average molecular weight is 350 g/mol. The van der Waals surface area contributed by atoms with Gasteiger partial charge in [-0.2, -0.15) is 0 Å². The molecule has 1 aliphatic rings. The summed E-state index contributed by atoms with van der Waals surface area (Å²) in [5, 5.41) is 4.79. The van der Waals surface area contributed by atoms with Crippen LogP contribution in [0.5, 0.6) is 0 Å². The predicted octanol–water partition coefficient (Wildman–Crippen LogP) is 3.98. The van der Waals surface area contributed by atoms with Crippen LogP contribution in [0, 0.1) is 11.6 Å². The van der Waals surface area contributed by atoms with E-state index >= 15 is 0 Å². The van der Waals surface area contributed by atoms with Crippen LogP contribution in [0.15, 0.2) is 35.7 Å². The Kier molecular flexibility index (Phi) is 5.26. The fourth-order valence-corrected chi connectivity index (χ4v) is 4.26. The van der Waals surface area contributed by atoms with Crippen molar-refractivity contribution in [3.05, 3.63) is 57.8 Å². The highest BCUT2D eigenvalue weighted by molar-refractivity contribution is 7.10. The van der Waals surface area contributed by atoms with Gasteiger partial charge in [-0.3, -0.25) is 9.69 Å². The maximum atomic E-state index is 13.8. The Morgan fingerprint density at radius 1 is 1.17 bits per heavy atom. The monoisotopic (exact) mass is 350 g/mol. The Morgan fingerprint density at radius 2 is 1.83 bits per heavy atom. The molecule has 24 heavy (non-hydrogen) atoms. The van der Waals surface area contributed by atoms with Crippen molar-refractivity contribution in [1.82, 2.24) is 10.2 Å². The molecule has 3 rings (SSSR count). The normalized spacial score (nSPS) is 17.6. The summed E-state index contributed by atoms with van der Waals surface area (Å²) in [6, 6.07) is 7.23. The quantitative estimate of drug-likeness (QED) is 0.885. The van der Waals surface area contributed by atoms with Gasteiger partial charge in [0.1, 0.15) is 17.2 Å². The van der Waals surface area contributed by atoms with E-state index in [1.165, 1.54) is 6.07 Å². The van der Waals surface area contributed by atoms with E-state index in [2.05, 4.69) is 10.2 Å². The minimum absolute atomic E-state index is 0.0197. The molecule has 0 bridgehead atoms. The SMILES string of the molecule is CC(NC(=O)c1c(F)cccc1F)C(c1cccs1)N1CCCC1. The number of hydrogen-bond donors (Lipinski definition) is 1. The molecule has 2 aromatic rings. The number of rotatable bonds is 5. The molecule has 2 heterocycles. The molecule has 1 aromatic carbocycles. The number of likely N-dealkylation sites (tertiary alicyclic amines) is 1. The lowest BCUT2D eigenvalue weighted by molar-refractivity contribution is 0.0899. The third kappa shape index (κ3) is 3.49. The summed E-state index contributed by atoms with van der Waals surface area (Å²) in [7, 11) is 0. The number of hydrogen-bond acceptors (Lipinski definition) is 3. The van der Waals surface area contributed by atoms with E-state index in [0.717, 1.165) is 42.9 Å². The molecule has 2 unspecified atom stereocenters. The summed E-state index contributed by atoms with van der Waals surface area (Å²) >= 11 is 1.63. The Morgan fingerprint density at radius 3 is 2.42 bits per heavy atom. The summed E-state index contributed by atoms with van der Waals surface area (Å²) in [4.78, 5) is 15.9. The molecule has 0 radical (unpaired) electrons. The third-order valence-electron chi connectivity index (χ3n) is 4.39. The largest absolute Gasteiger partial charge is 0.347 e. The van der Waals surface area contributed by atoms with Gasteiger partial charge >= 0.3 is 0 Å². The van der Waals surface area contributed by atoms with Gasteiger partial charge in [-0.1, -0.05) is 12.1 Å². The molecule has 1 amide bonds. The standard InChI is InChI=1S/C18H20F2N2OS/c1-12(21-18(23)16-13(19)6-4-7-14(16)20)17(15-8-5-11-24-15)22-9-2-3-10-22/h4-8,11-12,17H,2-3,9-10H2,1H3,(H,21,23). The van der Waals surface area contributed by atoms with Crippen LogP contribution in [0.25, 0.3) is 0 Å². The van der Waals surface area contributed by atoms with Crippen LogP contribution in [0.1, 0.15) is 41.0 Å². The molecule has 3 nitrogen and oxygen atoms in total.